The Hall–Kier alpha value is -1.77. The minimum Gasteiger partial charge on any atom is -0.387 e. The number of rotatable bonds is 6. The number of aromatic nitrogens is 2. The van der Waals surface area contributed by atoms with E-state index in [1.807, 2.05) is 13.8 Å². The van der Waals surface area contributed by atoms with Crippen molar-refractivity contribution in [2.45, 2.75) is 44.0 Å². The minimum absolute atomic E-state index is 0.0914. The van der Waals surface area contributed by atoms with Crippen LogP contribution in [0.5, 0.6) is 0 Å². The second-order valence-electron chi connectivity index (χ2n) is 5.66. The predicted octanol–water partition coefficient (Wildman–Crippen LogP) is 2.00. The average Bonchev–Trinajstić information content (AvgIpc) is 2.97. The number of aliphatic hydroxyl groups excluding tert-OH is 1. The molecule has 1 aromatic heterocycles. The number of benzene rings is 1. The molecule has 23 heavy (non-hydrogen) atoms. The lowest BCUT2D eigenvalue weighted by Gasteiger charge is -2.20. The van der Waals surface area contributed by atoms with Crippen LogP contribution in [-0.4, -0.2) is 29.1 Å². The molecule has 2 N–H and O–H groups in total. The van der Waals surface area contributed by atoms with Gasteiger partial charge >= 0.3 is 0 Å². The number of nitrogens with one attached hydrogen (secondary N) is 1. The maximum atomic E-state index is 12.9. The summed E-state index contributed by atoms with van der Waals surface area (Å²) in [5.74, 6) is -0.423. The van der Waals surface area contributed by atoms with E-state index in [0.717, 1.165) is 0 Å². The SMILES string of the molecule is CC(NS(=O)(=O)c1cn(C(C)C)cn1)C(O)c1ccc(F)cc1. The summed E-state index contributed by atoms with van der Waals surface area (Å²) in [7, 11) is -3.85. The van der Waals surface area contributed by atoms with Crippen LogP contribution in [0.25, 0.3) is 0 Å². The topological polar surface area (TPSA) is 84.2 Å². The number of nitrogens with zero attached hydrogens (tertiary/aromatic N) is 2. The van der Waals surface area contributed by atoms with Crippen molar-refractivity contribution in [2.75, 3.05) is 0 Å². The van der Waals surface area contributed by atoms with Crippen LogP contribution in [-0.2, 0) is 10.0 Å². The quantitative estimate of drug-likeness (QED) is 0.842. The molecule has 0 bridgehead atoms. The van der Waals surface area contributed by atoms with Gasteiger partial charge in [0.1, 0.15) is 5.82 Å². The first-order chi connectivity index (χ1) is 10.7. The van der Waals surface area contributed by atoms with Crippen LogP contribution in [0.15, 0.2) is 41.8 Å². The largest absolute Gasteiger partial charge is 0.387 e. The van der Waals surface area contributed by atoms with E-state index in [2.05, 4.69) is 9.71 Å². The monoisotopic (exact) mass is 341 g/mol. The maximum Gasteiger partial charge on any atom is 0.259 e. The fourth-order valence-electron chi connectivity index (χ4n) is 2.06. The molecule has 0 amide bonds. The Morgan fingerprint density at radius 2 is 1.83 bits per heavy atom. The molecule has 0 aliphatic carbocycles. The van der Waals surface area contributed by atoms with Crippen LogP contribution in [0.1, 0.15) is 38.5 Å². The normalized spacial score (nSPS) is 14.9. The van der Waals surface area contributed by atoms with Crippen molar-refractivity contribution >= 4 is 10.0 Å². The highest BCUT2D eigenvalue weighted by atomic mass is 32.2. The molecule has 2 rings (SSSR count). The molecule has 2 unspecified atom stereocenters. The van der Waals surface area contributed by atoms with E-state index in [0.29, 0.717) is 5.56 Å². The van der Waals surface area contributed by atoms with Gasteiger partial charge < -0.3 is 9.67 Å². The standard InChI is InChI=1S/C15H20FN3O3S/c1-10(2)19-8-14(17-9-19)23(21,22)18-11(3)15(20)12-4-6-13(16)7-5-12/h4-11,15,18,20H,1-3H3. The van der Waals surface area contributed by atoms with Gasteiger partial charge in [0.15, 0.2) is 5.03 Å². The van der Waals surface area contributed by atoms with Crippen LogP contribution in [0, 0.1) is 5.82 Å². The lowest BCUT2D eigenvalue weighted by atomic mass is 10.0. The van der Waals surface area contributed by atoms with Gasteiger partial charge in [0, 0.05) is 18.3 Å². The molecule has 126 valence electrons. The smallest absolute Gasteiger partial charge is 0.259 e. The Kier molecular flexibility index (Phi) is 5.18. The number of sulfonamides is 1. The van der Waals surface area contributed by atoms with Crippen LogP contribution in [0.3, 0.4) is 0 Å². The first kappa shape index (κ1) is 17.6. The highest BCUT2D eigenvalue weighted by Crippen LogP contribution is 2.19. The molecule has 6 nitrogen and oxygen atoms in total. The van der Waals surface area contributed by atoms with Crippen molar-refractivity contribution in [1.29, 1.82) is 0 Å². The highest BCUT2D eigenvalue weighted by Gasteiger charge is 2.25. The highest BCUT2D eigenvalue weighted by molar-refractivity contribution is 7.89. The molecule has 2 atom stereocenters. The number of halogens is 1. The van der Waals surface area contributed by atoms with Crippen molar-refractivity contribution < 1.29 is 17.9 Å². The molecule has 0 aliphatic rings. The third-order valence-electron chi connectivity index (χ3n) is 3.48. The van der Waals surface area contributed by atoms with Crippen molar-refractivity contribution in [3.8, 4) is 0 Å². The van der Waals surface area contributed by atoms with Crippen molar-refractivity contribution in [3.63, 3.8) is 0 Å². The number of aliphatic hydroxyl groups is 1. The zero-order valence-corrected chi connectivity index (χ0v) is 14.0. The molecule has 0 fully saturated rings. The second-order valence-corrected chi connectivity index (χ2v) is 7.32. The molecule has 0 saturated carbocycles. The van der Waals surface area contributed by atoms with Crippen LogP contribution in [0.2, 0.25) is 0 Å². The molecule has 0 saturated heterocycles. The third-order valence-corrected chi connectivity index (χ3v) is 4.92. The summed E-state index contributed by atoms with van der Waals surface area (Å²) in [5.41, 5.74) is 0.425. The number of hydrogen-bond donors (Lipinski definition) is 2. The lowest BCUT2D eigenvalue weighted by molar-refractivity contribution is 0.146. The van der Waals surface area contributed by atoms with E-state index in [1.165, 1.54) is 43.7 Å². The summed E-state index contributed by atoms with van der Waals surface area (Å²) in [6.07, 6.45) is 1.78. The summed E-state index contributed by atoms with van der Waals surface area (Å²) in [4.78, 5) is 3.89. The van der Waals surface area contributed by atoms with Gasteiger partial charge in [-0.2, -0.15) is 0 Å². The van der Waals surface area contributed by atoms with Crippen molar-refractivity contribution in [3.05, 3.63) is 48.2 Å². The summed E-state index contributed by atoms with van der Waals surface area (Å²) in [5, 5.41) is 10.1. The van der Waals surface area contributed by atoms with E-state index >= 15 is 0 Å². The van der Waals surface area contributed by atoms with Gasteiger partial charge in [0.2, 0.25) is 0 Å². The van der Waals surface area contributed by atoms with E-state index in [1.54, 1.807) is 4.57 Å². The van der Waals surface area contributed by atoms with Gasteiger partial charge in [-0.3, -0.25) is 0 Å². The van der Waals surface area contributed by atoms with Gasteiger partial charge in [0.25, 0.3) is 10.0 Å². The molecule has 1 heterocycles. The van der Waals surface area contributed by atoms with E-state index < -0.39 is 28.0 Å². The predicted molar refractivity (Wildman–Crippen MR) is 83.8 cm³/mol. The molecular weight excluding hydrogens is 321 g/mol. The molecule has 0 aliphatic heterocycles. The first-order valence-corrected chi connectivity index (χ1v) is 8.68. The Bertz CT molecular complexity index is 757. The van der Waals surface area contributed by atoms with Gasteiger partial charge in [-0.1, -0.05) is 12.1 Å². The van der Waals surface area contributed by atoms with Crippen molar-refractivity contribution in [2.24, 2.45) is 0 Å². The number of hydrogen-bond acceptors (Lipinski definition) is 4. The Balaban J connectivity index is 2.13. The summed E-state index contributed by atoms with van der Waals surface area (Å²) < 4.78 is 41.6. The molecule has 8 heteroatoms. The fourth-order valence-corrected chi connectivity index (χ4v) is 3.24. The summed E-state index contributed by atoms with van der Waals surface area (Å²) >= 11 is 0. The van der Waals surface area contributed by atoms with Gasteiger partial charge in [-0.05, 0) is 38.5 Å². The van der Waals surface area contributed by atoms with E-state index in [4.69, 9.17) is 0 Å². The van der Waals surface area contributed by atoms with Gasteiger partial charge in [0.05, 0.1) is 12.4 Å². The van der Waals surface area contributed by atoms with Crippen LogP contribution < -0.4 is 4.72 Å². The molecule has 1 aromatic carbocycles. The van der Waals surface area contributed by atoms with Crippen LogP contribution >= 0.6 is 0 Å². The fraction of sp³-hybridized carbons (Fsp3) is 0.400. The average molecular weight is 341 g/mol. The molecule has 2 aromatic rings. The third kappa shape index (κ3) is 4.15. The Labute approximate surface area is 135 Å². The Morgan fingerprint density at radius 3 is 2.35 bits per heavy atom. The lowest BCUT2D eigenvalue weighted by Crippen LogP contribution is -2.37. The van der Waals surface area contributed by atoms with E-state index in [-0.39, 0.29) is 11.1 Å². The van der Waals surface area contributed by atoms with Gasteiger partial charge in [-0.15, -0.1) is 0 Å². The Morgan fingerprint density at radius 1 is 1.22 bits per heavy atom. The summed E-state index contributed by atoms with van der Waals surface area (Å²) in [6.45, 7) is 5.35. The van der Waals surface area contributed by atoms with Crippen LogP contribution in [0.4, 0.5) is 4.39 Å². The summed E-state index contributed by atoms with van der Waals surface area (Å²) in [6, 6.07) is 4.55. The zero-order valence-electron chi connectivity index (χ0n) is 13.1. The molecule has 0 spiro atoms. The maximum absolute atomic E-state index is 12.9. The van der Waals surface area contributed by atoms with Crippen molar-refractivity contribution in [1.82, 2.24) is 14.3 Å². The van der Waals surface area contributed by atoms with E-state index in [9.17, 15) is 17.9 Å². The second kappa shape index (κ2) is 6.77. The minimum atomic E-state index is -3.85. The molecular formula is C15H20FN3O3S. The molecule has 0 radical (unpaired) electrons. The van der Waals surface area contributed by atoms with Gasteiger partial charge in [-0.25, -0.2) is 22.5 Å². The zero-order chi connectivity index (χ0) is 17.2. The first-order valence-electron chi connectivity index (χ1n) is 7.20. The number of imidazole rings is 1.